The Balaban J connectivity index is 1.82. The lowest BCUT2D eigenvalue weighted by atomic mass is 9.89. The van der Waals surface area contributed by atoms with E-state index >= 15 is 0 Å². The van der Waals surface area contributed by atoms with Crippen LogP contribution in [0.4, 0.5) is 17.1 Å². The van der Waals surface area contributed by atoms with Gasteiger partial charge >= 0.3 is 5.97 Å². The summed E-state index contributed by atoms with van der Waals surface area (Å²) < 4.78 is 5.72. The van der Waals surface area contributed by atoms with Crippen LogP contribution in [0.5, 0.6) is 5.75 Å². The Hall–Kier alpha value is -3.84. The fraction of sp³-hybridized carbons (Fsp3) is 0.344. The third-order valence-corrected chi connectivity index (χ3v) is 7.31. The van der Waals surface area contributed by atoms with E-state index in [4.69, 9.17) is 16.3 Å². The maximum atomic E-state index is 14.0. The number of hydrogen-bond donors (Lipinski definition) is 0. The van der Waals surface area contributed by atoms with E-state index in [9.17, 15) is 14.4 Å². The number of carbonyl (C=O) groups excluding carboxylic acids is 3. The van der Waals surface area contributed by atoms with Gasteiger partial charge in [-0.3, -0.25) is 14.4 Å². The van der Waals surface area contributed by atoms with E-state index in [1.807, 2.05) is 68.4 Å². The quantitative estimate of drug-likeness (QED) is 0.250. The van der Waals surface area contributed by atoms with E-state index in [0.29, 0.717) is 34.1 Å². The van der Waals surface area contributed by atoms with Crippen LogP contribution in [-0.4, -0.2) is 37.9 Å². The molecule has 0 N–H and O–H groups in total. The normalized spacial score (nSPS) is 16.6. The minimum Gasteiger partial charge on any atom is -0.426 e. The van der Waals surface area contributed by atoms with Gasteiger partial charge in [0.2, 0.25) is 5.91 Å². The zero-order valence-corrected chi connectivity index (χ0v) is 24.8. The van der Waals surface area contributed by atoms with Crippen LogP contribution in [-0.2, 0) is 9.59 Å². The van der Waals surface area contributed by atoms with E-state index in [1.54, 1.807) is 54.8 Å². The monoisotopic (exact) mass is 561 g/mol. The molecule has 2 atom stereocenters. The highest BCUT2D eigenvalue weighted by Gasteiger charge is 2.39. The molecule has 0 aliphatic carbocycles. The number of esters is 1. The maximum absolute atomic E-state index is 14.0. The number of benzene rings is 3. The molecule has 0 fully saturated rings. The first kappa shape index (κ1) is 29.2. The Morgan fingerprint density at radius 3 is 2.08 bits per heavy atom. The predicted octanol–water partition coefficient (Wildman–Crippen LogP) is 6.89. The fourth-order valence-corrected chi connectivity index (χ4v) is 5.03. The molecule has 1 unspecified atom stereocenters. The van der Waals surface area contributed by atoms with Crippen LogP contribution in [0.3, 0.4) is 0 Å². The molecule has 3 aromatic rings. The summed E-state index contributed by atoms with van der Waals surface area (Å²) in [6, 6.07) is 19.3. The van der Waals surface area contributed by atoms with Crippen molar-refractivity contribution in [3.8, 4) is 5.75 Å². The van der Waals surface area contributed by atoms with Gasteiger partial charge in [0.1, 0.15) is 5.75 Å². The number of carbonyl (C=O) groups is 3. The predicted molar refractivity (Wildman–Crippen MR) is 161 cm³/mol. The van der Waals surface area contributed by atoms with Gasteiger partial charge in [-0.1, -0.05) is 17.7 Å². The molecule has 0 radical (unpaired) electrons. The minimum atomic E-state index is -0.699. The molecular formula is C32H36ClN3O4. The van der Waals surface area contributed by atoms with Gasteiger partial charge in [0.15, 0.2) is 0 Å². The molecule has 1 aliphatic heterocycles. The van der Waals surface area contributed by atoms with Crippen molar-refractivity contribution in [3.05, 3.63) is 82.9 Å². The van der Waals surface area contributed by atoms with Crippen molar-refractivity contribution in [3.63, 3.8) is 0 Å². The molecule has 0 spiro atoms. The summed E-state index contributed by atoms with van der Waals surface area (Å²) in [5.41, 5.74) is 2.93. The summed E-state index contributed by atoms with van der Waals surface area (Å²) in [6.45, 7) is 8.86. The van der Waals surface area contributed by atoms with Gasteiger partial charge in [-0.15, -0.1) is 0 Å². The van der Waals surface area contributed by atoms with E-state index in [-0.39, 0.29) is 29.9 Å². The van der Waals surface area contributed by atoms with Crippen LogP contribution in [0.2, 0.25) is 5.02 Å². The van der Waals surface area contributed by atoms with E-state index < -0.39 is 5.41 Å². The second-order valence-corrected chi connectivity index (χ2v) is 11.9. The van der Waals surface area contributed by atoms with Crippen molar-refractivity contribution in [2.75, 3.05) is 28.8 Å². The molecule has 0 bridgehead atoms. The van der Waals surface area contributed by atoms with Crippen LogP contribution in [0.15, 0.2) is 66.7 Å². The number of fused-ring (bicyclic) bond motifs is 1. The third-order valence-electron chi connectivity index (χ3n) is 7.05. The molecule has 1 aliphatic rings. The molecule has 7 nitrogen and oxygen atoms in total. The van der Waals surface area contributed by atoms with Crippen molar-refractivity contribution in [1.82, 2.24) is 0 Å². The molecule has 2 amide bonds. The Kier molecular flexibility index (Phi) is 8.26. The Labute approximate surface area is 241 Å². The lowest BCUT2D eigenvalue weighted by Gasteiger charge is -2.43. The summed E-state index contributed by atoms with van der Waals surface area (Å²) in [5, 5.41) is 0.576. The molecule has 210 valence electrons. The maximum Gasteiger partial charge on any atom is 0.316 e. The van der Waals surface area contributed by atoms with Crippen LogP contribution in [0, 0.1) is 5.41 Å². The number of amides is 2. The number of halogens is 1. The van der Waals surface area contributed by atoms with Gasteiger partial charge in [-0.2, -0.15) is 0 Å². The number of anilines is 3. The van der Waals surface area contributed by atoms with E-state index in [0.717, 1.165) is 11.3 Å². The SMILES string of the molecule is CC(=O)N(c1ccc(Cl)cc1)[C@H]1CC(C)N(C(=O)c2ccc(N(C)C)cc2)c2cc(OC(=O)C(C)(C)C)ccc21. The Bertz CT molecular complexity index is 1410. The molecule has 1 heterocycles. The number of nitrogens with zero attached hydrogens (tertiary/aromatic N) is 3. The largest absolute Gasteiger partial charge is 0.426 e. The molecular weight excluding hydrogens is 526 g/mol. The average Bonchev–Trinajstić information content (AvgIpc) is 2.89. The van der Waals surface area contributed by atoms with Gasteiger partial charge in [0.25, 0.3) is 5.91 Å². The minimum absolute atomic E-state index is 0.132. The van der Waals surface area contributed by atoms with E-state index in [2.05, 4.69) is 0 Å². The first-order valence-electron chi connectivity index (χ1n) is 13.3. The van der Waals surface area contributed by atoms with Crippen LogP contribution < -0.4 is 19.4 Å². The average molecular weight is 562 g/mol. The van der Waals surface area contributed by atoms with Gasteiger partial charge in [0, 0.05) is 55.1 Å². The zero-order valence-electron chi connectivity index (χ0n) is 24.1. The van der Waals surface area contributed by atoms with Gasteiger partial charge < -0.3 is 19.4 Å². The highest BCUT2D eigenvalue weighted by Crippen LogP contribution is 2.44. The van der Waals surface area contributed by atoms with Crippen LogP contribution in [0.1, 0.15) is 63.0 Å². The van der Waals surface area contributed by atoms with Crippen molar-refractivity contribution in [2.24, 2.45) is 5.41 Å². The van der Waals surface area contributed by atoms with Crippen LogP contribution >= 0.6 is 11.6 Å². The summed E-state index contributed by atoms with van der Waals surface area (Å²) in [7, 11) is 3.89. The highest BCUT2D eigenvalue weighted by molar-refractivity contribution is 6.30. The van der Waals surface area contributed by atoms with Gasteiger partial charge in [-0.25, -0.2) is 0 Å². The summed E-state index contributed by atoms with van der Waals surface area (Å²) in [4.78, 5) is 45.1. The number of hydrogen-bond acceptors (Lipinski definition) is 5. The van der Waals surface area contributed by atoms with Crippen molar-refractivity contribution < 1.29 is 19.1 Å². The lowest BCUT2D eigenvalue weighted by molar-refractivity contribution is -0.143. The Morgan fingerprint density at radius 2 is 1.52 bits per heavy atom. The first-order chi connectivity index (χ1) is 18.8. The molecule has 4 rings (SSSR count). The van der Waals surface area contributed by atoms with Crippen molar-refractivity contribution in [1.29, 1.82) is 0 Å². The third kappa shape index (κ3) is 5.99. The van der Waals surface area contributed by atoms with Crippen LogP contribution in [0.25, 0.3) is 0 Å². The second-order valence-electron chi connectivity index (χ2n) is 11.4. The molecule has 3 aromatic carbocycles. The smallest absolute Gasteiger partial charge is 0.316 e. The molecule has 40 heavy (non-hydrogen) atoms. The van der Waals surface area contributed by atoms with E-state index in [1.165, 1.54) is 6.92 Å². The second kappa shape index (κ2) is 11.3. The number of rotatable bonds is 5. The summed E-state index contributed by atoms with van der Waals surface area (Å²) in [6.07, 6.45) is 0.512. The van der Waals surface area contributed by atoms with Crippen molar-refractivity contribution >= 4 is 46.4 Å². The van der Waals surface area contributed by atoms with Gasteiger partial charge in [0.05, 0.1) is 17.1 Å². The zero-order chi connectivity index (χ0) is 29.4. The Morgan fingerprint density at radius 1 is 0.925 bits per heavy atom. The fourth-order valence-electron chi connectivity index (χ4n) is 4.91. The molecule has 0 saturated heterocycles. The molecule has 8 heteroatoms. The lowest BCUT2D eigenvalue weighted by Crippen LogP contribution is -2.47. The topological polar surface area (TPSA) is 70.2 Å². The summed E-state index contributed by atoms with van der Waals surface area (Å²) in [5.74, 6) is -0.338. The standard InChI is InChI=1S/C32H36ClN3O4/c1-20-18-28(36(21(2)37)25-14-10-23(33)11-15-25)27-17-16-26(40-31(39)32(3,4)5)19-29(27)35(20)30(38)22-8-12-24(13-9-22)34(6)7/h8-17,19-20,28H,18H2,1-7H3/t20?,28-/m0/s1. The number of ether oxygens (including phenoxy) is 1. The van der Waals surface area contributed by atoms with Crippen molar-refractivity contribution in [2.45, 2.75) is 53.1 Å². The summed E-state index contributed by atoms with van der Waals surface area (Å²) >= 11 is 6.12. The first-order valence-corrected chi connectivity index (χ1v) is 13.7. The van der Waals surface area contributed by atoms with Gasteiger partial charge in [-0.05, 0) is 94.3 Å². The molecule has 0 saturated carbocycles. The highest BCUT2D eigenvalue weighted by atomic mass is 35.5. The molecule has 0 aromatic heterocycles.